The first kappa shape index (κ1) is 12.2. The maximum atomic E-state index is 6.17. The Balaban J connectivity index is 1.76. The molecule has 1 aliphatic rings. The van der Waals surface area contributed by atoms with Gasteiger partial charge in [0.1, 0.15) is 5.00 Å². The molecule has 1 heterocycles. The molecule has 1 N–H and O–H groups in total. The Bertz CT molecular complexity index is 531. The maximum Gasteiger partial charge on any atom is 0.117 e. The van der Waals surface area contributed by atoms with Gasteiger partial charge in [0.25, 0.3) is 0 Å². The molecule has 0 amide bonds. The van der Waals surface area contributed by atoms with Crippen LogP contribution in [0.2, 0.25) is 0 Å². The van der Waals surface area contributed by atoms with Crippen LogP contribution in [0.5, 0.6) is 0 Å². The van der Waals surface area contributed by atoms with Gasteiger partial charge in [-0.2, -0.15) is 4.37 Å². The van der Waals surface area contributed by atoms with Crippen molar-refractivity contribution < 1.29 is 0 Å². The standard InChI is InChI=1S/C14H17ClN2S/c15-9-14(7-3-4-8-14)10-16-13-11-5-1-2-6-12(11)17-18-13/h1-2,5-6,16H,3-4,7-10H2. The topological polar surface area (TPSA) is 24.9 Å². The van der Waals surface area contributed by atoms with Crippen molar-refractivity contribution >= 4 is 39.0 Å². The van der Waals surface area contributed by atoms with Crippen molar-refractivity contribution in [1.29, 1.82) is 0 Å². The van der Waals surface area contributed by atoms with Crippen LogP contribution in [0.1, 0.15) is 25.7 Å². The summed E-state index contributed by atoms with van der Waals surface area (Å²) in [6.45, 7) is 0.975. The zero-order valence-corrected chi connectivity index (χ0v) is 11.9. The van der Waals surface area contributed by atoms with Crippen LogP contribution in [0.4, 0.5) is 5.00 Å². The van der Waals surface area contributed by atoms with E-state index < -0.39 is 0 Å². The van der Waals surface area contributed by atoms with Crippen molar-refractivity contribution in [1.82, 2.24) is 4.37 Å². The van der Waals surface area contributed by atoms with Crippen molar-refractivity contribution in [2.75, 3.05) is 17.7 Å². The molecule has 0 saturated heterocycles. The predicted octanol–water partition coefficient (Wildman–Crippen LogP) is 4.51. The molecule has 1 aromatic heterocycles. The number of fused-ring (bicyclic) bond motifs is 1. The van der Waals surface area contributed by atoms with Gasteiger partial charge >= 0.3 is 0 Å². The van der Waals surface area contributed by atoms with Gasteiger partial charge in [0.2, 0.25) is 0 Å². The lowest BCUT2D eigenvalue weighted by Gasteiger charge is -2.26. The summed E-state index contributed by atoms with van der Waals surface area (Å²) in [4.78, 5) is 0. The number of alkyl halides is 1. The fraction of sp³-hybridized carbons (Fsp3) is 0.500. The van der Waals surface area contributed by atoms with Crippen LogP contribution >= 0.6 is 23.1 Å². The van der Waals surface area contributed by atoms with Crippen molar-refractivity contribution in [2.24, 2.45) is 5.41 Å². The van der Waals surface area contributed by atoms with E-state index in [0.717, 1.165) is 17.9 Å². The highest BCUT2D eigenvalue weighted by molar-refractivity contribution is 7.11. The number of anilines is 1. The minimum absolute atomic E-state index is 0.298. The quantitative estimate of drug-likeness (QED) is 0.834. The van der Waals surface area contributed by atoms with Gasteiger partial charge < -0.3 is 5.32 Å². The van der Waals surface area contributed by atoms with E-state index >= 15 is 0 Å². The van der Waals surface area contributed by atoms with Crippen molar-refractivity contribution in [3.05, 3.63) is 24.3 Å². The van der Waals surface area contributed by atoms with E-state index in [9.17, 15) is 0 Å². The third-order valence-electron chi connectivity index (χ3n) is 3.96. The number of aromatic nitrogens is 1. The van der Waals surface area contributed by atoms with Gasteiger partial charge in [0, 0.05) is 23.2 Å². The summed E-state index contributed by atoms with van der Waals surface area (Å²) < 4.78 is 4.46. The molecule has 4 heteroatoms. The minimum Gasteiger partial charge on any atom is -0.375 e. The molecular formula is C14H17ClN2S. The third-order valence-corrected chi connectivity index (χ3v) is 5.36. The Morgan fingerprint density at radius 3 is 2.83 bits per heavy atom. The third kappa shape index (κ3) is 2.21. The molecule has 3 rings (SSSR count). The molecule has 1 saturated carbocycles. The number of nitrogens with zero attached hydrogens (tertiary/aromatic N) is 1. The average Bonchev–Trinajstić information content (AvgIpc) is 3.04. The van der Waals surface area contributed by atoms with E-state index in [1.807, 2.05) is 6.07 Å². The first-order valence-corrected chi connectivity index (χ1v) is 7.78. The van der Waals surface area contributed by atoms with Crippen LogP contribution in [-0.4, -0.2) is 16.8 Å². The van der Waals surface area contributed by atoms with Gasteiger partial charge in [0.05, 0.1) is 5.52 Å². The molecule has 0 spiro atoms. The van der Waals surface area contributed by atoms with E-state index in [0.29, 0.717) is 5.41 Å². The molecule has 18 heavy (non-hydrogen) atoms. The van der Waals surface area contributed by atoms with E-state index in [-0.39, 0.29) is 0 Å². The number of hydrogen-bond acceptors (Lipinski definition) is 3. The van der Waals surface area contributed by atoms with Gasteiger partial charge in [-0.3, -0.25) is 0 Å². The van der Waals surface area contributed by atoms with E-state index in [1.54, 1.807) is 11.5 Å². The van der Waals surface area contributed by atoms with E-state index in [1.165, 1.54) is 36.1 Å². The van der Waals surface area contributed by atoms with Gasteiger partial charge in [-0.15, -0.1) is 11.6 Å². The lowest BCUT2D eigenvalue weighted by atomic mass is 9.88. The Morgan fingerprint density at radius 2 is 2.06 bits per heavy atom. The van der Waals surface area contributed by atoms with Gasteiger partial charge in [-0.25, -0.2) is 0 Å². The molecule has 0 atom stereocenters. The normalized spacial score (nSPS) is 18.3. The first-order valence-electron chi connectivity index (χ1n) is 6.47. The lowest BCUT2D eigenvalue weighted by Crippen LogP contribution is -2.28. The summed E-state index contributed by atoms with van der Waals surface area (Å²) in [6, 6.07) is 8.28. The molecule has 1 aliphatic carbocycles. The van der Waals surface area contributed by atoms with Crippen LogP contribution in [0.25, 0.3) is 10.9 Å². The number of rotatable bonds is 4. The summed E-state index contributed by atoms with van der Waals surface area (Å²) in [7, 11) is 0. The molecule has 0 unspecified atom stereocenters. The molecule has 1 aromatic carbocycles. The molecule has 0 bridgehead atoms. The Kier molecular flexibility index (Phi) is 3.44. The largest absolute Gasteiger partial charge is 0.375 e. The minimum atomic E-state index is 0.298. The highest BCUT2D eigenvalue weighted by atomic mass is 35.5. The van der Waals surface area contributed by atoms with Gasteiger partial charge in [-0.1, -0.05) is 25.0 Å². The number of halogens is 1. The molecule has 0 radical (unpaired) electrons. The smallest absolute Gasteiger partial charge is 0.117 e. The van der Waals surface area contributed by atoms with E-state index in [4.69, 9.17) is 11.6 Å². The second kappa shape index (κ2) is 5.06. The summed E-state index contributed by atoms with van der Waals surface area (Å²) in [5, 5.41) is 5.98. The SMILES string of the molecule is ClCC1(CNc2snc3ccccc23)CCCC1. The van der Waals surface area contributed by atoms with Crippen LogP contribution < -0.4 is 5.32 Å². The van der Waals surface area contributed by atoms with Crippen LogP contribution in [-0.2, 0) is 0 Å². The Hall–Kier alpha value is -0.800. The second-order valence-corrected chi connectivity index (χ2v) is 6.26. The van der Waals surface area contributed by atoms with Crippen LogP contribution in [0, 0.1) is 5.41 Å². The zero-order chi connectivity index (χ0) is 12.4. The molecule has 1 fully saturated rings. The van der Waals surface area contributed by atoms with Gasteiger partial charge in [-0.05, 0) is 36.5 Å². The fourth-order valence-electron chi connectivity index (χ4n) is 2.77. The summed E-state index contributed by atoms with van der Waals surface area (Å²) >= 11 is 7.72. The molecular weight excluding hydrogens is 264 g/mol. The molecule has 0 aliphatic heterocycles. The van der Waals surface area contributed by atoms with Crippen molar-refractivity contribution in [3.8, 4) is 0 Å². The molecule has 2 aromatic rings. The number of nitrogens with one attached hydrogen (secondary N) is 1. The number of benzene rings is 1. The predicted molar refractivity (Wildman–Crippen MR) is 79.7 cm³/mol. The molecule has 96 valence electrons. The lowest BCUT2D eigenvalue weighted by molar-refractivity contribution is 0.369. The van der Waals surface area contributed by atoms with Crippen LogP contribution in [0.15, 0.2) is 24.3 Å². The van der Waals surface area contributed by atoms with Gasteiger partial charge in [0.15, 0.2) is 0 Å². The summed E-state index contributed by atoms with van der Waals surface area (Å²) in [5.41, 5.74) is 1.38. The highest BCUT2D eigenvalue weighted by Crippen LogP contribution is 2.40. The Morgan fingerprint density at radius 1 is 1.28 bits per heavy atom. The monoisotopic (exact) mass is 280 g/mol. The van der Waals surface area contributed by atoms with Crippen molar-refractivity contribution in [3.63, 3.8) is 0 Å². The average molecular weight is 281 g/mol. The maximum absolute atomic E-state index is 6.17. The van der Waals surface area contributed by atoms with Crippen molar-refractivity contribution in [2.45, 2.75) is 25.7 Å². The highest BCUT2D eigenvalue weighted by Gasteiger charge is 2.32. The zero-order valence-electron chi connectivity index (χ0n) is 10.3. The summed E-state index contributed by atoms with van der Waals surface area (Å²) in [6.07, 6.45) is 5.14. The second-order valence-electron chi connectivity index (χ2n) is 5.22. The Labute approximate surface area is 117 Å². The molecule has 2 nitrogen and oxygen atoms in total. The summed E-state index contributed by atoms with van der Waals surface area (Å²) in [5.74, 6) is 0.761. The fourth-order valence-corrected chi connectivity index (χ4v) is 3.89. The van der Waals surface area contributed by atoms with Crippen LogP contribution in [0.3, 0.4) is 0 Å². The first-order chi connectivity index (χ1) is 8.83. The van der Waals surface area contributed by atoms with E-state index in [2.05, 4.69) is 27.9 Å². The number of hydrogen-bond donors (Lipinski definition) is 1.